The molecule has 170 valence electrons. The van der Waals surface area contributed by atoms with Crippen molar-refractivity contribution < 1.29 is 13.6 Å². The van der Waals surface area contributed by atoms with Gasteiger partial charge in [0.15, 0.2) is 11.6 Å². The third-order valence-corrected chi connectivity index (χ3v) is 7.19. The highest BCUT2D eigenvalue weighted by molar-refractivity contribution is 6.07. The van der Waals surface area contributed by atoms with Crippen molar-refractivity contribution >= 4 is 11.6 Å². The highest BCUT2D eigenvalue weighted by Crippen LogP contribution is 2.48. The maximum atomic E-state index is 13.8. The molecule has 0 radical (unpaired) electrons. The average Bonchev–Trinajstić information content (AvgIpc) is 3.10. The van der Waals surface area contributed by atoms with Gasteiger partial charge in [-0.05, 0) is 75.2 Å². The molecule has 0 bridgehead atoms. The molecule has 0 unspecified atom stereocenters. The number of hydrogen-bond acceptors (Lipinski definition) is 2. The van der Waals surface area contributed by atoms with E-state index in [9.17, 15) is 13.6 Å². The number of carbonyl (C=O) groups excluding carboxylic acids is 1. The minimum absolute atomic E-state index is 0.112. The van der Waals surface area contributed by atoms with Crippen molar-refractivity contribution in [2.75, 3.05) is 24.5 Å². The minimum atomic E-state index is -0.997. The summed E-state index contributed by atoms with van der Waals surface area (Å²) in [6, 6.07) is 18.2. The molecule has 5 heteroatoms. The van der Waals surface area contributed by atoms with Crippen molar-refractivity contribution in [2.45, 2.75) is 38.6 Å². The molecule has 0 atom stereocenters. The van der Waals surface area contributed by atoms with Gasteiger partial charge in [-0.15, -0.1) is 0 Å². The van der Waals surface area contributed by atoms with Gasteiger partial charge in [-0.25, -0.2) is 8.78 Å². The van der Waals surface area contributed by atoms with Gasteiger partial charge in [0, 0.05) is 29.8 Å². The second kappa shape index (κ2) is 8.38. The molecule has 3 aromatic carbocycles. The largest absolute Gasteiger partial charge is 0.307 e. The first kappa shape index (κ1) is 21.8. The molecular weight excluding hydrogens is 418 g/mol. The fourth-order valence-corrected chi connectivity index (χ4v) is 5.38. The Balaban J connectivity index is 1.39. The summed E-state index contributed by atoms with van der Waals surface area (Å²) in [5, 5.41) is 0. The summed E-state index contributed by atoms with van der Waals surface area (Å²) in [6.07, 6.45) is 1.91. The lowest BCUT2D eigenvalue weighted by molar-refractivity contribution is 0.0975. The smallest absolute Gasteiger partial charge is 0.258 e. The van der Waals surface area contributed by atoms with E-state index in [4.69, 9.17) is 0 Å². The zero-order valence-electron chi connectivity index (χ0n) is 19.1. The Hall–Kier alpha value is -3.05. The third-order valence-electron chi connectivity index (χ3n) is 7.19. The highest BCUT2D eigenvalue weighted by Gasteiger charge is 2.46. The molecule has 1 fully saturated rings. The van der Waals surface area contributed by atoms with E-state index < -0.39 is 11.6 Å². The fourth-order valence-electron chi connectivity index (χ4n) is 5.38. The quantitative estimate of drug-likeness (QED) is 0.510. The molecule has 2 aliphatic rings. The molecule has 1 amide bonds. The van der Waals surface area contributed by atoms with Crippen LogP contribution in [0, 0.1) is 25.5 Å². The monoisotopic (exact) mass is 446 g/mol. The average molecular weight is 447 g/mol. The number of likely N-dealkylation sites (tertiary alicyclic amines) is 1. The lowest BCUT2D eigenvalue weighted by Crippen LogP contribution is -2.45. The van der Waals surface area contributed by atoms with Gasteiger partial charge in [-0.3, -0.25) is 9.69 Å². The number of nitrogens with zero attached hydrogens (tertiary/aromatic N) is 2. The number of anilines is 1. The third kappa shape index (κ3) is 4.06. The Morgan fingerprint density at radius 1 is 0.909 bits per heavy atom. The second-order valence-electron chi connectivity index (χ2n) is 9.59. The lowest BCUT2D eigenvalue weighted by Gasteiger charge is -2.40. The van der Waals surface area contributed by atoms with E-state index in [1.807, 2.05) is 12.1 Å². The van der Waals surface area contributed by atoms with Gasteiger partial charge >= 0.3 is 0 Å². The molecule has 0 saturated carbocycles. The first-order valence-electron chi connectivity index (χ1n) is 11.5. The highest BCUT2D eigenvalue weighted by atomic mass is 19.2. The van der Waals surface area contributed by atoms with E-state index in [1.165, 1.54) is 22.8 Å². The molecular formula is C28H28F2N2O. The molecule has 0 aliphatic carbocycles. The van der Waals surface area contributed by atoms with E-state index >= 15 is 0 Å². The molecule has 33 heavy (non-hydrogen) atoms. The summed E-state index contributed by atoms with van der Waals surface area (Å²) >= 11 is 0. The van der Waals surface area contributed by atoms with E-state index in [0.717, 1.165) is 55.9 Å². The maximum Gasteiger partial charge on any atom is 0.258 e. The van der Waals surface area contributed by atoms with Crippen molar-refractivity contribution in [1.82, 2.24) is 4.90 Å². The topological polar surface area (TPSA) is 23.6 Å². The number of carbonyl (C=O) groups is 1. The molecule has 0 aromatic heterocycles. The molecule has 1 spiro atoms. The number of amides is 1. The summed E-state index contributed by atoms with van der Waals surface area (Å²) in [7, 11) is 0. The Morgan fingerprint density at radius 3 is 2.39 bits per heavy atom. The van der Waals surface area contributed by atoms with Gasteiger partial charge in [0.25, 0.3) is 5.91 Å². The number of piperidine rings is 1. The number of halogens is 2. The first-order valence-corrected chi connectivity index (χ1v) is 11.5. The number of aryl methyl sites for hydroxylation is 2. The van der Waals surface area contributed by atoms with Gasteiger partial charge in [0.2, 0.25) is 0 Å². The molecule has 0 N–H and O–H groups in total. The van der Waals surface area contributed by atoms with E-state index in [2.05, 4.69) is 49.1 Å². The van der Waals surface area contributed by atoms with Crippen LogP contribution < -0.4 is 4.90 Å². The first-order chi connectivity index (χ1) is 15.8. The minimum Gasteiger partial charge on any atom is -0.307 e. The summed E-state index contributed by atoms with van der Waals surface area (Å²) in [6.45, 7) is 7.59. The van der Waals surface area contributed by atoms with Crippen molar-refractivity contribution in [1.29, 1.82) is 0 Å². The van der Waals surface area contributed by atoms with Crippen molar-refractivity contribution in [3.05, 3.63) is 100 Å². The lowest BCUT2D eigenvalue weighted by atomic mass is 9.74. The molecule has 2 aliphatic heterocycles. The predicted octanol–water partition coefficient (Wildman–Crippen LogP) is 5.78. The maximum absolute atomic E-state index is 13.8. The molecule has 5 rings (SSSR count). The number of fused-ring (bicyclic) bond motifs is 2. The van der Waals surface area contributed by atoms with Gasteiger partial charge in [-0.2, -0.15) is 0 Å². The van der Waals surface area contributed by atoms with Gasteiger partial charge in [-0.1, -0.05) is 47.5 Å². The molecule has 1 saturated heterocycles. The Labute approximate surface area is 193 Å². The Morgan fingerprint density at radius 2 is 1.67 bits per heavy atom. The van der Waals surface area contributed by atoms with E-state index in [-0.39, 0.29) is 16.9 Å². The molecule has 2 heterocycles. The van der Waals surface area contributed by atoms with Crippen LogP contribution in [-0.2, 0) is 12.0 Å². The van der Waals surface area contributed by atoms with Crippen LogP contribution in [0.4, 0.5) is 14.5 Å². The van der Waals surface area contributed by atoms with Crippen LogP contribution in [0.3, 0.4) is 0 Å². The van der Waals surface area contributed by atoms with Gasteiger partial charge in [0.05, 0.1) is 0 Å². The molecule has 3 nitrogen and oxygen atoms in total. The fraction of sp³-hybridized carbons (Fsp3) is 0.321. The molecule has 3 aromatic rings. The van der Waals surface area contributed by atoms with Crippen molar-refractivity contribution in [3.8, 4) is 0 Å². The van der Waals surface area contributed by atoms with Crippen LogP contribution in [0.15, 0.2) is 60.7 Å². The zero-order chi connectivity index (χ0) is 23.2. The van der Waals surface area contributed by atoms with Crippen LogP contribution in [-0.4, -0.2) is 30.4 Å². The van der Waals surface area contributed by atoms with Crippen molar-refractivity contribution in [2.24, 2.45) is 0 Å². The summed E-state index contributed by atoms with van der Waals surface area (Å²) in [5.74, 6) is -2.22. The van der Waals surface area contributed by atoms with Crippen LogP contribution in [0.2, 0.25) is 0 Å². The summed E-state index contributed by atoms with van der Waals surface area (Å²) < 4.78 is 27.2. The van der Waals surface area contributed by atoms with Crippen LogP contribution in [0.1, 0.15) is 45.5 Å². The number of hydrogen-bond donors (Lipinski definition) is 0. The van der Waals surface area contributed by atoms with E-state index in [0.29, 0.717) is 6.54 Å². The summed E-state index contributed by atoms with van der Waals surface area (Å²) in [5.41, 5.74) is 5.91. The Bertz CT molecular complexity index is 1210. The van der Waals surface area contributed by atoms with Crippen LogP contribution >= 0.6 is 0 Å². The van der Waals surface area contributed by atoms with E-state index in [1.54, 1.807) is 4.90 Å². The standard InChI is InChI=1S/C28H28F2N2O/c1-19-4-3-5-21(14-19)17-31-12-10-28(11-13-31)18-32(26-9-6-20(2)15-23(26)28)27(33)22-7-8-24(29)25(30)16-22/h3-9,14-16H,10-13,17-18H2,1-2H3. The zero-order valence-corrected chi connectivity index (χ0v) is 19.1. The number of rotatable bonds is 3. The normalized spacial score (nSPS) is 17.4. The van der Waals surface area contributed by atoms with Gasteiger partial charge in [0.1, 0.15) is 0 Å². The van der Waals surface area contributed by atoms with Crippen LogP contribution in [0.25, 0.3) is 0 Å². The second-order valence-corrected chi connectivity index (χ2v) is 9.59. The number of benzene rings is 3. The van der Waals surface area contributed by atoms with Crippen LogP contribution in [0.5, 0.6) is 0 Å². The van der Waals surface area contributed by atoms with Gasteiger partial charge < -0.3 is 4.90 Å². The predicted molar refractivity (Wildman–Crippen MR) is 127 cm³/mol. The Kier molecular flexibility index (Phi) is 5.53. The summed E-state index contributed by atoms with van der Waals surface area (Å²) in [4.78, 5) is 17.6. The van der Waals surface area contributed by atoms with Crippen molar-refractivity contribution in [3.63, 3.8) is 0 Å². The SMILES string of the molecule is Cc1cccc(CN2CCC3(CC2)CN(C(=O)c2ccc(F)c(F)c2)c2ccc(C)cc23)c1.